The summed E-state index contributed by atoms with van der Waals surface area (Å²) in [4.78, 5) is 21.9. The summed E-state index contributed by atoms with van der Waals surface area (Å²) >= 11 is 0. The van der Waals surface area contributed by atoms with Gasteiger partial charge in [0.1, 0.15) is 5.82 Å². The van der Waals surface area contributed by atoms with E-state index in [1.54, 1.807) is 27.7 Å². The van der Waals surface area contributed by atoms with E-state index in [2.05, 4.69) is 20.4 Å². The second-order valence-corrected chi connectivity index (χ2v) is 7.65. The maximum Gasteiger partial charge on any atom is 0.261 e. The molecule has 4 heterocycles. The largest absolute Gasteiger partial charge is 0.317 e. The number of aromatic nitrogens is 5. The van der Waals surface area contributed by atoms with Crippen molar-refractivity contribution in [2.45, 2.75) is 32.7 Å². The summed E-state index contributed by atoms with van der Waals surface area (Å²) in [5.74, 6) is -0.484. The smallest absolute Gasteiger partial charge is 0.261 e. The topological polar surface area (TPSA) is 77.1 Å². The number of fused-ring (bicyclic) bond motifs is 2. The van der Waals surface area contributed by atoms with E-state index in [4.69, 9.17) is 0 Å². The van der Waals surface area contributed by atoms with Gasteiger partial charge < -0.3 is 5.32 Å². The van der Waals surface area contributed by atoms with Gasteiger partial charge in [0.25, 0.3) is 5.56 Å². The summed E-state index contributed by atoms with van der Waals surface area (Å²) in [6.45, 7) is 5.54. The van der Waals surface area contributed by atoms with Crippen LogP contribution in [0.5, 0.6) is 0 Å². The van der Waals surface area contributed by atoms with Crippen LogP contribution in [-0.2, 0) is 0 Å². The normalized spacial score (nSPS) is 15.4. The van der Waals surface area contributed by atoms with Gasteiger partial charge in [-0.1, -0.05) is 0 Å². The van der Waals surface area contributed by atoms with Crippen molar-refractivity contribution >= 4 is 16.6 Å². The Morgan fingerprint density at radius 2 is 1.97 bits per heavy atom. The molecule has 4 aromatic rings. The fraction of sp³-hybridized carbons (Fsp3) is 0.333. The van der Waals surface area contributed by atoms with Crippen LogP contribution in [0.25, 0.3) is 27.8 Å². The van der Waals surface area contributed by atoms with Crippen LogP contribution in [0.2, 0.25) is 0 Å². The van der Waals surface area contributed by atoms with E-state index < -0.39 is 5.82 Å². The molecule has 0 radical (unpaired) electrons. The first-order valence-electron chi connectivity index (χ1n) is 9.76. The molecule has 0 unspecified atom stereocenters. The number of hydrogen-bond acceptors (Lipinski definition) is 5. The fourth-order valence-corrected chi connectivity index (χ4v) is 4.07. The van der Waals surface area contributed by atoms with Gasteiger partial charge in [-0.25, -0.2) is 18.9 Å². The number of imidazole rings is 1. The average molecular weight is 392 g/mol. The molecule has 148 valence electrons. The van der Waals surface area contributed by atoms with Gasteiger partial charge in [-0.3, -0.25) is 9.36 Å². The molecule has 1 aliphatic rings. The molecule has 0 atom stereocenters. The molecule has 0 aliphatic carbocycles. The van der Waals surface area contributed by atoms with Crippen molar-refractivity contribution in [3.63, 3.8) is 0 Å². The molecule has 1 saturated heterocycles. The molecule has 0 saturated carbocycles. The number of hydrogen-bond donors (Lipinski definition) is 1. The van der Waals surface area contributed by atoms with E-state index in [9.17, 15) is 4.79 Å². The molecule has 7 nitrogen and oxygen atoms in total. The van der Waals surface area contributed by atoms with E-state index in [0.717, 1.165) is 42.8 Å². The Bertz CT molecular complexity index is 1300. The van der Waals surface area contributed by atoms with Crippen LogP contribution in [0.15, 0.2) is 35.5 Å². The summed E-state index contributed by atoms with van der Waals surface area (Å²) in [5.41, 5.74) is 3.57. The molecule has 1 aliphatic heterocycles. The third-order valence-corrected chi connectivity index (χ3v) is 5.58. The van der Waals surface area contributed by atoms with Crippen LogP contribution in [-0.4, -0.2) is 37.2 Å². The summed E-state index contributed by atoms with van der Waals surface area (Å²) in [5, 5.41) is 8.08. The van der Waals surface area contributed by atoms with Crippen LogP contribution in [0, 0.1) is 19.7 Å². The van der Waals surface area contributed by atoms with Gasteiger partial charge >= 0.3 is 0 Å². The Hall–Kier alpha value is -3.13. The number of halogens is 1. The Kier molecular flexibility index (Phi) is 4.16. The van der Waals surface area contributed by atoms with Crippen molar-refractivity contribution in [3.8, 4) is 11.3 Å². The van der Waals surface area contributed by atoms with Crippen LogP contribution in [0.3, 0.4) is 0 Å². The predicted molar refractivity (Wildman–Crippen MR) is 109 cm³/mol. The molecule has 8 heteroatoms. The number of nitrogens with zero attached hydrogens (tertiary/aromatic N) is 5. The predicted octanol–water partition coefficient (Wildman–Crippen LogP) is 2.79. The van der Waals surface area contributed by atoms with E-state index >= 15 is 4.39 Å². The standard InChI is InChI=1S/C21H21FN6O/c1-12-7-19(26-28-10-13(2)25-20(12)28)15-9-18-16(8-17(15)22)21(29)27(11-24-18)14-3-5-23-6-4-14/h7-11,14,23H,3-6H2,1-2H3. The second-order valence-electron chi connectivity index (χ2n) is 7.65. The lowest BCUT2D eigenvalue weighted by Crippen LogP contribution is -2.34. The first-order valence-corrected chi connectivity index (χ1v) is 9.76. The van der Waals surface area contributed by atoms with Crippen molar-refractivity contribution < 1.29 is 4.39 Å². The van der Waals surface area contributed by atoms with Crippen molar-refractivity contribution in [2.24, 2.45) is 0 Å². The minimum atomic E-state index is -0.484. The van der Waals surface area contributed by atoms with Crippen LogP contribution in [0.4, 0.5) is 4.39 Å². The van der Waals surface area contributed by atoms with E-state index in [-0.39, 0.29) is 11.6 Å². The molecule has 1 fully saturated rings. The van der Waals surface area contributed by atoms with Gasteiger partial charge in [-0.15, -0.1) is 0 Å². The number of benzene rings is 1. The Morgan fingerprint density at radius 3 is 2.76 bits per heavy atom. The van der Waals surface area contributed by atoms with Gasteiger partial charge in [0, 0.05) is 11.6 Å². The van der Waals surface area contributed by atoms with E-state index in [1.165, 1.54) is 6.07 Å². The molecule has 3 aromatic heterocycles. The molecule has 1 aromatic carbocycles. The zero-order valence-corrected chi connectivity index (χ0v) is 16.3. The lowest BCUT2D eigenvalue weighted by atomic mass is 10.1. The van der Waals surface area contributed by atoms with Crippen molar-refractivity contribution in [3.05, 3.63) is 58.2 Å². The molecule has 0 amide bonds. The van der Waals surface area contributed by atoms with Gasteiger partial charge in [0.2, 0.25) is 0 Å². The molecular formula is C21H21FN6O. The third-order valence-electron chi connectivity index (χ3n) is 5.58. The highest BCUT2D eigenvalue weighted by atomic mass is 19.1. The lowest BCUT2D eigenvalue weighted by molar-refractivity contribution is 0.359. The summed E-state index contributed by atoms with van der Waals surface area (Å²) in [7, 11) is 0. The number of aryl methyl sites for hydroxylation is 2. The van der Waals surface area contributed by atoms with Crippen molar-refractivity contribution in [1.29, 1.82) is 0 Å². The van der Waals surface area contributed by atoms with Gasteiger partial charge in [0.15, 0.2) is 5.65 Å². The Labute approximate surface area is 166 Å². The zero-order valence-electron chi connectivity index (χ0n) is 16.3. The Balaban J connectivity index is 1.64. The van der Waals surface area contributed by atoms with E-state index in [0.29, 0.717) is 22.2 Å². The second kappa shape index (κ2) is 6.73. The minimum absolute atomic E-state index is 0.0968. The molecule has 5 rings (SSSR count). The maximum absolute atomic E-state index is 15.0. The van der Waals surface area contributed by atoms with E-state index in [1.807, 2.05) is 19.9 Å². The van der Waals surface area contributed by atoms with Crippen molar-refractivity contribution in [1.82, 2.24) is 29.5 Å². The SMILES string of the molecule is Cc1cn2nc(-c3cc4ncn(C5CCNCC5)c(=O)c4cc3F)cc(C)c2n1. The highest BCUT2D eigenvalue weighted by molar-refractivity contribution is 5.83. The van der Waals surface area contributed by atoms with Crippen LogP contribution < -0.4 is 10.9 Å². The third kappa shape index (κ3) is 3.00. The summed E-state index contributed by atoms with van der Waals surface area (Å²) in [6, 6.07) is 4.80. The van der Waals surface area contributed by atoms with Gasteiger partial charge in [0.05, 0.1) is 34.8 Å². The molecule has 29 heavy (non-hydrogen) atoms. The van der Waals surface area contributed by atoms with Gasteiger partial charge in [-0.05, 0) is 63.5 Å². The number of rotatable bonds is 2. The van der Waals surface area contributed by atoms with Crippen LogP contribution >= 0.6 is 0 Å². The van der Waals surface area contributed by atoms with Crippen molar-refractivity contribution in [2.75, 3.05) is 13.1 Å². The molecule has 0 bridgehead atoms. The lowest BCUT2D eigenvalue weighted by Gasteiger charge is -2.24. The first kappa shape index (κ1) is 17.9. The van der Waals surface area contributed by atoms with Crippen LogP contribution in [0.1, 0.15) is 30.1 Å². The average Bonchev–Trinajstić information content (AvgIpc) is 3.10. The quantitative estimate of drug-likeness (QED) is 0.568. The minimum Gasteiger partial charge on any atom is -0.317 e. The van der Waals surface area contributed by atoms with Gasteiger partial charge in [-0.2, -0.15) is 5.10 Å². The monoisotopic (exact) mass is 392 g/mol. The zero-order chi connectivity index (χ0) is 20.1. The maximum atomic E-state index is 15.0. The molecule has 0 spiro atoms. The summed E-state index contributed by atoms with van der Waals surface area (Å²) in [6.07, 6.45) is 5.12. The first-order chi connectivity index (χ1) is 14.0. The number of nitrogens with one attached hydrogen (secondary N) is 1. The highest BCUT2D eigenvalue weighted by Crippen LogP contribution is 2.26. The highest BCUT2D eigenvalue weighted by Gasteiger charge is 2.19. The number of piperidine rings is 1. The molecule has 1 N–H and O–H groups in total. The molecular weight excluding hydrogens is 371 g/mol. The Morgan fingerprint density at radius 1 is 1.17 bits per heavy atom. The summed E-state index contributed by atoms with van der Waals surface area (Å²) < 4.78 is 18.3. The fourth-order valence-electron chi connectivity index (χ4n) is 4.07.